The molecule has 0 amide bonds. The molecule has 1 aromatic rings. The molecular weight excluding hydrogens is 291 g/mol. The van der Waals surface area contributed by atoms with Crippen molar-refractivity contribution >= 4 is 16.0 Å². The normalized spacial score (nSPS) is 12.7. The Labute approximate surface area is 114 Å². The molecular formula is C11H11FN2O5S. The van der Waals surface area contributed by atoms with Gasteiger partial charge in [-0.05, 0) is 18.6 Å². The molecule has 9 heteroatoms. The van der Waals surface area contributed by atoms with Gasteiger partial charge in [0.25, 0.3) is 0 Å². The first kappa shape index (κ1) is 16.0. The largest absolute Gasteiger partial charge is 0.480 e. The van der Waals surface area contributed by atoms with Crippen LogP contribution in [0.15, 0.2) is 23.1 Å². The summed E-state index contributed by atoms with van der Waals surface area (Å²) < 4.78 is 39.1. The molecule has 0 spiro atoms. The van der Waals surface area contributed by atoms with E-state index >= 15 is 0 Å². The number of nitrogens with one attached hydrogen (secondary N) is 1. The summed E-state index contributed by atoms with van der Waals surface area (Å²) in [4.78, 5) is 10.2. The van der Waals surface area contributed by atoms with Gasteiger partial charge >= 0.3 is 5.97 Å². The zero-order valence-corrected chi connectivity index (χ0v) is 10.9. The number of nitrogens with zero attached hydrogens (tertiary/aromatic N) is 1. The van der Waals surface area contributed by atoms with Crippen LogP contribution in [0.5, 0.6) is 0 Å². The molecule has 1 aromatic carbocycles. The molecule has 0 heterocycles. The van der Waals surface area contributed by atoms with Gasteiger partial charge in [-0.15, -0.1) is 0 Å². The molecule has 1 rings (SSSR count). The number of hydrogen-bond acceptors (Lipinski definition) is 5. The second-order valence-electron chi connectivity index (χ2n) is 3.75. The maximum absolute atomic E-state index is 13.4. The third-order valence-electron chi connectivity index (χ3n) is 2.39. The highest BCUT2D eigenvalue weighted by molar-refractivity contribution is 7.89. The zero-order valence-electron chi connectivity index (χ0n) is 10.1. The average Bonchev–Trinajstić information content (AvgIpc) is 2.37. The van der Waals surface area contributed by atoms with Crippen LogP contribution in [0.2, 0.25) is 0 Å². The van der Waals surface area contributed by atoms with E-state index in [0.717, 1.165) is 18.2 Å². The number of aliphatic hydroxyl groups is 1. The highest BCUT2D eigenvalue weighted by Crippen LogP contribution is 2.18. The van der Waals surface area contributed by atoms with Gasteiger partial charge < -0.3 is 10.2 Å². The van der Waals surface area contributed by atoms with Crippen LogP contribution in [-0.4, -0.2) is 37.2 Å². The van der Waals surface area contributed by atoms with Gasteiger partial charge in [0.1, 0.15) is 28.4 Å². The van der Waals surface area contributed by atoms with E-state index in [1.54, 1.807) is 4.72 Å². The number of halogens is 1. The quantitative estimate of drug-likeness (QED) is 0.668. The van der Waals surface area contributed by atoms with Crippen molar-refractivity contribution in [2.45, 2.75) is 17.4 Å². The van der Waals surface area contributed by atoms with Crippen molar-refractivity contribution < 1.29 is 27.8 Å². The van der Waals surface area contributed by atoms with Crippen molar-refractivity contribution in [1.29, 1.82) is 5.26 Å². The van der Waals surface area contributed by atoms with Crippen LogP contribution >= 0.6 is 0 Å². The van der Waals surface area contributed by atoms with Crippen LogP contribution in [0.3, 0.4) is 0 Å². The molecule has 0 aromatic heterocycles. The lowest BCUT2D eigenvalue weighted by Gasteiger charge is -2.14. The Morgan fingerprint density at radius 1 is 1.50 bits per heavy atom. The van der Waals surface area contributed by atoms with E-state index < -0.39 is 44.9 Å². The molecule has 0 bridgehead atoms. The summed E-state index contributed by atoms with van der Waals surface area (Å²) in [5.41, 5.74) is -0.701. The number of sulfonamides is 1. The minimum atomic E-state index is -4.40. The Hall–Kier alpha value is -2.02. The Kier molecular flexibility index (Phi) is 5.15. The molecule has 0 radical (unpaired) electrons. The number of carboxylic acids is 1. The van der Waals surface area contributed by atoms with Crippen LogP contribution in [0, 0.1) is 17.1 Å². The Morgan fingerprint density at radius 3 is 2.65 bits per heavy atom. The van der Waals surface area contributed by atoms with Crippen LogP contribution in [0.1, 0.15) is 12.0 Å². The number of rotatable bonds is 6. The number of nitriles is 1. The van der Waals surface area contributed by atoms with Gasteiger partial charge in [-0.3, -0.25) is 4.79 Å². The van der Waals surface area contributed by atoms with E-state index in [4.69, 9.17) is 15.5 Å². The maximum atomic E-state index is 13.4. The third-order valence-corrected chi connectivity index (χ3v) is 3.90. The highest BCUT2D eigenvalue weighted by Gasteiger charge is 2.27. The van der Waals surface area contributed by atoms with Crippen molar-refractivity contribution in [3.05, 3.63) is 29.6 Å². The minimum absolute atomic E-state index is 0.355. The average molecular weight is 302 g/mol. The molecule has 0 aliphatic heterocycles. The maximum Gasteiger partial charge on any atom is 0.321 e. The van der Waals surface area contributed by atoms with Crippen molar-refractivity contribution in [2.75, 3.05) is 6.61 Å². The summed E-state index contributed by atoms with van der Waals surface area (Å²) in [5, 5.41) is 26.3. The van der Waals surface area contributed by atoms with Gasteiger partial charge in [-0.1, -0.05) is 6.07 Å². The molecule has 0 unspecified atom stereocenters. The van der Waals surface area contributed by atoms with Crippen LogP contribution in [0.4, 0.5) is 4.39 Å². The van der Waals surface area contributed by atoms with E-state index in [1.165, 1.54) is 6.07 Å². The zero-order chi connectivity index (χ0) is 15.3. The first-order valence-corrected chi connectivity index (χ1v) is 6.86. The summed E-state index contributed by atoms with van der Waals surface area (Å²) in [6.07, 6.45) is -0.355. The Balaban J connectivity index is 3.21. The first-order chi connectivity index (χ1) is 9.33. The molecule has 0 saturated carbocycles. The number of benzene rings is 1. The van der Waals surface area contributed by atoms with Crippen LogP contribution in [0.25, 0.3) is 0 Å². The Bertz CT molecular complexity index is 653. The van der Waals surface area contributed by atoms with Crippen molar-refractivity contribution in [3.8, 4) is 6.07 Å². The molecule has 0 fully saturated rings. The standard InChI is InChI=1S/C11H11FN2O5S/c12-8-2-1-3-10(7(8)6-13)20(18,19)14-9(4-5-15)11(16)17/h1-3,9,14-15H,4-5H2,(H,16,17)/t9-/m0/s1. The van der Waals surface area contributed by atoms with E-state index in [9.17, 15) is 17.6 Å². The van der Waals surface area contributed by atoms with Gasteiger partial charge in [-0.25, -0.2) is 12.8 Å². The molecule has 108 valence electrons. The number of carbonyl (C=O) groups is 1. The molecule has 0 saturated heterocycles. The monoisotopic (exact) mass is 302 g/mol. The van der Waals surface area contributed by atoms with E-state index in [1.807, 2.05) is 0 Å². The lowest BCUT2D eigenvalue weighted by Crippen LogP contribution is -2.41. The fourth-order valence-corrected chi connectivity index (χ4v) is 2.84. The first-order valence-electron chi connectivity index (χ1n) is 5.38. The van der Waals surface area contributed by atoms with E-state index in [2.05, 4.69) is 0 Å². The molecule has 20 heavy (non-hydrogen) atoms. The van der Waals surface area contributed by atoms with Crippen molar-refractivity contribution in [2.24, 2.45) is 0 Å². The lowest BCUT2D eigenvalue weighted by atomic mass is 10.2. The highest BCUT2D eigenvalue weighted by atomic mass is 32.2. The molecule has 7 nitrogen and oxygen atoms in total. The second-order valence-corrected chi connectivity index (χ2v) is 5.43. The lowest BCUT2D eigenvalue weighted by molar-refractivity contribution is -0.139. The van der Waals surface area contributed by atoms with Gasteiger partial charge in [0.05, 0.1) is 0 Å². The van der Waals surface area contributed by atoms with Crippen molar-refractivity contribution in [1.82, 2.24) is 4.72 Å². The molecule has 0 aliphatic carbocycles. The third kappa shape index (κ3) is 3.51. The number of carboxylic acid groups (broad SMARTS) is 1. The fraction of sp³-hybridized carbons (Fsp3) is 0.273. The fourth-order valence-electron chi connectivity index (χ4n) is 1.45. The number of aliphatic carboxylic acids is 1. The minimum Gasteiger partial charge on any atom is -0.480 e. The number of hydrogen-bond donors (Lipinski definition) is 3. The van der Waals surface area contributed by atoms with E-state index in [-0.39, 0.29) is 6.42 Å². The van der Waals surface area contributed by atoms with Crippen LogP contribution in [-0.2, 0) is 14.8 Å². The van der Waals surface area contributed by atoms with Gasteiger partial charge in [0.2, 0.25) is 10.0 Å². The van der Waals surface area contributed by atoms with Gasteiger partial charge in [0.15, 0.2) is 0 Å². The molecule has 1 atom stereocenters. The van der Waals surface area contributed by atoms with Gasteiger partial charge in [-0.2, -0.15) is 9.98 Å². The smallest absolute Gasteiger partial charge is 0.321 e. The summed E-state index contributed by atoms with van der Waals surface area (Å²) in [6, 6.07) is 2.84. The summed E-state index contributed by atoms with van der Waals surface area (Å²) >= 11 is 0. The Morgan fingerprint density at radius 2 is 2.15 bits per heavy atom. The second kappa shape index (κ2) is 6.42. The van der Waals surface area contributed by atoms with E-state index in [0.29, 0.717) is 0 Å². The number of aliphatic hydroxyl groups excluding tert-OH is 1. The summed E-state index contributed by atoms with van der Waals surface area (Å²) in [7, 11) is -4.40. The molecule has 0 aliphatic rings. The van der Waals surface area contributed by atoms with Crippen molar-refractivity contribution in [3.63, 3.8) is 0 Å². The summed E-state index contributed by atoms with van der Waals surface area (Å²) in [5.74, 6) is -2.51. The topological polar surface area (TPSA) is 127 Å². The summed E-state index contributed by atoms with van der Waals surface area (Å²) in [6.45, 7) is -0.548. The van der Waals surface area contributed by atoms with Crippen LogP contribution < -0.4 is 4.72 Å². The SMILES string of the molecule is N#Cc1c(F)cccc1S(=O)(=O)N[C@@H](CCO)C(=O)O. The predicted octanol–water partition coefficient (Wildman–Crippen LogP) is -0.189. The predicted molar refractivity (Wildman–Crippen MR) is 64.6 cm³/mol. The molecule has 3 N–H and O–H groups in total. The van der Waals surface area contributed by atoms with Gasteiger partial charge in [0, 0.05) is 6.61 Å².